The van der Waals surface area contributed by atoms with Crippen LogP contribution in [-0.4, -0.2) is 26.8 Å². The van der Waals surface area contributed by atoms with Crippen molar-refractivity contribution in [2.75, 3.05) is 26.8 Å². The minimum atomic E-state index is 0.0832. The largest absolute Gasteiger partial charge is 0.383 e. The third-order valence-corrected chi connectivity index (χ3v) is 3.36. The molecule has 1 atom stereocenters. The lowest BCUT2D eigenvalue weighted by Gasteiger charge is -2.27. The van der Waals surface area contributed by atoms with E-state index >= 15 is 0 Å². The fraction of sp³-hybridized carbons (Fsp3) is 0.500. The molecule has 0 radical (unpaired) electrons. The molecule has 0 spiro atoms. The van der Waals surface area contributed by atoms with Gasteiger partial charge in [0.15, 0.2) is 0 Å². The zero-order valence-corrected chi connectivity index (χ0v) is 11.8. The average molecular weight is 247 g/mol. The van der Waals surface area contributed by atoms with Crippen molar-refractivity contribution in [3.8, 4) is 0 Å². The van der Waals surface area contributed by atoms with Gasteiger partial charge >= 0.3 is 0 Å². The van der Waals surface area contributed by atoms with Crippen LogP contribution in [-0.2, 0) is 11.2 Å². The third kappa shape index (κ3) is 4.63. The monoisotopic (exact) mass is 247 g/mol. The lowest BCUT2D eigenvalue weighted by Crippen LogP contribution is -2.34. The minimum absolute atomic E-state index is 0.0832. The molecule has 0 aliphatic carbocycles. The molecule has 1 N–H and O–H groups in total. The van der Waals surface area contributed by atoms with Gasteiger partial charge in [0, 0.05) is 25.6 Å². The molecule has 0 saturated heterocycles. The number of nitrogens with one attached hydrogen (secondary N) is 1. The Bertz CT molecular complexity index is 375. The summed E-state index contributed by atoms with van der Waals surface area (Å²) >= 11 is 0. The van der Waals surface area contributed by atoms with Crippen LogP contribution in [0, 0.1) is 12.3 Å². The fourth-order valence-corrected chi connectivity index (χ4v) is 2.00. The summed E-state index contributed by atoms with van der Waals surface area (Å²) < 4.78 is 5.04. The summed E-state index contributed by atoms with van der Waals surface area (Å²) in [4.78, 5) is 0. The highest BCUT2D eigenvalue weighted by Crippen LogP contribution is 2.24. The molecule has 1 aromatic carbocycles. The summed E-state index contributed by atoms with van der Waals surface area (Å²) in [7, 11) is 1.72. The highest BCUT2D eigenvalue weighted by molar-refractivity contribution is 5.27. The van der Waals surface area contributed by atoms with E-state index in [2.05, 4.69) is 56.1 Å². The number of rotatable bonds is 8. The molecule has 1 unspecified atom stereocenters. The molecule has 18 heavy (non-hydrogen) atoms. The molecule has 0 aliphatic rings. The summed E-state index contributed by atoms with van der Waals surface area (Å²) in [6.45, 7) is 10.9. The summed E-state index contributed by atoms with van der Waals surface area (Å²) in [6, 6.07) is 8.55. The smallest absolute Gasteiger partial charge is 0.0587 e. The van der Waals surface area contributed by atoms with E-state index in [1.54, 1.807) is 7.11 Å². The number of hydrogen-bond donors (Lipinski definition) is 1. The predicted molar refractivity (Wildman–Crippen MR) is 77.9 cm³/mol. The van der Waals surface area contributed by atoms with E-state index in [0.29, 0.717) is 0 Å². The van der Waals surface area contributed by atoms with E-state index in [4.69, 9.17) is 4.74 Å². The second-order valence-corrected chi connectivity index (χ2v) is 5.13. The Morgan fingerprint density at radius 1 is 1.39 bits per heavy atom. The van der Waals surface area contributed by atoms with E-state index in [0.717, 1.165) is 26.1 Å². The van der Waals surface area contributed by atoms with Gasteiger partial charge in [0.25, 0.3) is 0 Å². The molecule has 2 heteroatoms. The van der Waals surface area contributed by atoms with Gasteiger partial charge in [-0.25, -0.2) is 0 Å². The van der Waals surface area contributed by atoms with Crippen LogP contribution in [0.2, 0.25) is 0 Å². The molecule has 0 heterocycles. The minimum Gasteiger partial charge on any atom is -0.383 e. The van der Waals surface area contributed by atoms with Gasteiger partial charge in [-0.15, -0.1) is 6.58 Å². The van der Waals surface area contributed by atoms with Crippen molar-refractivity contribution in [2.24, 2.45) is 5.41 Å². The molecular formula is C16H25NO. The van der Waals surface area contributed by atoms with Crippen molar-refractivity contribution in [2.45, 2.75) is 20.3 Å². The summed E-state index contributed by atoms with van der Waals surface area (Å²) in [5.41, 5.74) is 2.83. The van der Waals surface area contributed by atoms with E-state index in [-0.39, 0.29) is 5.41 Å². The van der Waals surface area contributed by atoms with Gasteiger partial charge < -0.3 is 10.1 Å². The van der Waals surface area contributed by atoms with Crippen molar-refractivity contribution in [1.29, 1.82) is 0 Å². The molecule has 2 nitrogen and oxygen atoms in total. The van der Waals surface area contributed by atoms with Crippen LogP contribution in [0.25, 0.3) is 0 Å². The third-order valence-electron chi connectivity index (χ3n) is 3.36. The van der Waals surface area contributed by atoms with Gasteiger partial charge in [-0.3, -0.25) is 0 Å². The maximum atomic E-state index is 5.04. The SMILES string of the molecule is C=CC(C)(CNCCOC)Cc1ccccc1C. The van der Waals surface area contributed by atoms with Crippen LogP contribution in [0.15, 0.2) is 36.9 Å². The fourth-order valence-electron chi connectivity index (χ4n) is 2.00. The molecule has 0 saturated carbocycles. The Labute approximate surface area is 111 Å². The molecule has 1 aromatic rings. The van der Waals surface area contributed by atoms with Crippen LogP contribution in [0.1, 0.15) is 18.1 Å². The van der Waals surface area contributed by atoms with Crippen LogP contribution >= 0.6 is 0 Å². The van der Waals surface area contributed by atoms with E-state index in [1.807, 2.05) is 0 Å². The average Bonchev–Trinajstić information content (AvgIpc) is 2.38. The molecule has 0 aliphatic heterocycles. The number of ether oxygens (including phenoxy) is 1. The quantitative estimate of drug-likeness (QED) is 0.563. The number of benzene rings is 1. The van der Waals surface area contributed by atoms with Gasteiger partial charge in [0.05, 0.1) is 6.61 Å². The maximum Gasteiger partial charge on any atom is 0.0587 e. The van der Waals surface area contributed by atoms with E-state index in [1.165, 1.54) is 11.1 Å². The van der Waals surface area contributed by atoms with Gasteiger partial charge in [-0.05, 0) is 24.5 Å². The second kappa shape index (κ2) is 7.34. The van der Waals surface area contributed by atoms with Crippen LogP contribution < -0.4 is 5.32 Å². The van der Waals surface area contributed by atoms with Crippen molar-refractivity contribution >= 4 is 0 Å². The zero-order valence-electron chi connectivity index (χ0n) is 11.8. The lowest BCUT2D eigenvalue weighted by atomic mass is 9.82. The molecule has 0 fully saturated rings. The van der Waals surface area contributed by atoms with E-state index in [9.17, 15) is 0 Å². The first kappa shape index (κ1) is 14.9. The van der Waals surface area contributed by atoms with Crippen molar-refractivity contribution < 1.29 is 4.74 Å². The highest BCUT2D eigenvalue weighted by Gasteiger charge is 2.20. The molecule has 0 bridgehead atoms. The molecule has 0 aromatic heterocycles. The lowest BCUT2D eigenvalue weighted by molar-refractivity contribution is 0.195. The van der Waals surface area contributed by atoms with Gasteiger partial charge in [0.1, 0.15) is 0 Å². The Morgan fingerprint density at radius 3 is 2.72 bits per heavy atom. The Morgan fingerprint density at radius 2 is 2.11 bits per heavy atom. The summed E-state index contributed by atoms with van der Waals surface area (Å²) in [6.07, 6.45) is 3.07. The van der Waals surface area contributed by atoms with Gasteiger partial charge in [-0.2, -0.15) is 0 Å². The Kier molecular flexibility index (Phi) is 6.10. The standard InChI is InChI=1S/C16H25NO/c1-5-16(3,13-17-10-11-18-4)12-15-9-7-6-8-14(15)2/h5-9,17H,1,10-13H2,2-4H3. The Balaban J connectivity index is 2.59. The number of hydrogen-bond acceptors (Lipinski definition) is 2. The molecule has 0 amide bonds. The first-order valence-electron chi connectivity index (χ1n) is 6.49. The number of aryl methyl sites for hydroxylation is 1. The van der Waals surface area contributed by atoms with Gasteiger partial charge in [-0.1, -0.05) is 37.3 Å². The predicted octanol–water partition coefficient (Wildman–Crippen LogP) is 2.97. The zero-order chi connectivity index (χ0) is 13.4. The van der Waals surface area contributed by atoms with Crippen molar-refractivity contribution in [3.63, 3.8) is 0 Å². The Hall–Kier alpha value is -1.12. The summed E-state index contributed by atoms with van der Waals surface area (Å²) in [5, 5.41) is 3.42. The molecular weight excluding hydrogens is 222 g/mol. The normalized spacial score (nSPS) is 14.2. The topological polar surface area (TPSA) is 21.3 Å². The first-order chi connectivity index (χ1) is 8.61. The van der Waals surface area contributed by atoms with Crippen LogP contribution in [0.3, 0.4) is 0 Å². The second-order valence-electron chi connectivity index (χ2n) is 5.13. The van der Waals surface area contributed by atoms with Crippen LogP contribution in [0.5, 0.6) is 0 Å². The first-order valence-corrected chi connectivity index (χ1v) is 6.49. The van der Waals surface area contributed by atoms with Crippen molar-refractivity contribution in [1.82, 2.24) is 5.32 Å². The van der Waals surface area contributed by atoms with Crippen molar-refractivity contribution in [3.05, 3.63) is 48.0 Å². The van der Waals surface area contributed by atoms with Crippen LogP contribution in [0.4, 0.5) is 0 Å². The number of methoxy groups -OCH3 is 1. The van der Waals surface area contributed by atoms with E-state index < -0.39 is 0 Å². The van der Waals surface area contributed by atoms with Gasteiger partial charge in [0.2, 0.25) is 0 Å². The maximum absolute atomic E-state index is 5.04. The molecule has 1 rings (SSSR count). The summed E-state index contributed by atoms with van der Waals surface area (Å²) in [5.74, 6) is 0. The molecule has 100 valence electrons. The highest BCUT2D eigenvalue weighted by atomic mass is 16.5.